The highest BCUT2D eigenvalue weighted by Crippen LogP contribution is 2.41. The van der Waals surface area contributed by atoms with Gasteiger partial charge in [-0.05, 0) is 56.2 Å². The summed E-state index contributed by atoms with van der Waals surface area (Å²) in [6.07, 6.45) is -5.31. The fourth-order valence-corrected chi connectivity index (χ4v) is 2.94. The smallest absolute Gasteiger partial charge is 0.432 e. The van der Waals surface area contributed by atoms with Gasteiger partial charge < -0.3 is 20.5 Å². The van der Waals surface area contributed by atoms with Gasteiger partial charge in [-0.25, -0.2) is 9.59 Å². The standard InChI is InChI=1S/C20H20ClF3N2O4/c1-4-30-17(27)19(29,20(22,23)24)13-9-11(2)16(12(3)10-13)26-18(28)25-15-7-5-14(21)6-8-15/h5-10,29H,4H2,1-3H3,(H2,25,26,28)/t19-/m0/s1. The third-order valence-corrected chi connectivity index (χ3v) is 4.52. The van der Waals surface area contributed by atoms with Gasteiger partial charge in [0.25, 0.3) is 5.60 Å². The number of hydrogen-bond acceptors (Lipinski definition) is 4. The first kappa shape index (κ1) is 23.5. The summed E-state index contributed by atoms with van der Waals surface area (Å²) in [7, 11) is 0. The van der Waals surface area contributed by atoms with Crippen molar-refractivity contribution in [3.8, 4) is 0 Å². The number of anilines is 2. The molecule has 2 amide bonds. The second kappa shape index (κ2) is 8.93. The van der Waals surface area contributed by atoms with Crippen LogP contribution in [-0.2, 0) is 15.1 Å². The average molecular weight is 445 g/mol. The number of aryl methyl sites for hydroxylation is 2. The molecule has 0 unspecified atom stereocenters. The summed E-state index contributed by atoms with van der Waals surface area (Å²) in [6.45, 7) is 3.88. The molecule has 0 aliphatic heterocycles. The molecule has 0 saturated heterocycles. The van der Waals surface area contributed by atoms with Crippen molar-refractivity contribution >= 4 is 35.0 Å². The molecule has 0 aliphatic rings. The van der Waals surface area contributed by atoms with Crippen molar-refractivity contribution in [2.45, 2.75) is 32.5 Å². The first-order valence-corrected chi connectivity index (χ1v) is 9.19. The Morgan fingerprint density at radius 3 is 2.07 bits per heavy atom. The van der Waals surface area contributed by atoms with E-state index < -0.39 is 29.3 Å². The summed E-state index contributed by atoms with van der Waals surface area (Å²) in [5.74, 6) is -1.82. The molecule has 0 fully saturated rings. The van der Waals surface area contributed by atoms with E-state index in [1.807, 2.05) is 0 Å². The minimum atomic E-state index is -5.31. The van der Waals surface area contributed by atoms with Crippen molar-refractivity contribution < 1.29 is 32.6 Å². The Labute approximate surface area is 176 Å². The maximum atomic E-state index is 13.6. The summed E-state index contributed by atoms with van der Waals surface area (Å²) in [5.41, 5.74) is -3.42. The van der Waals surface area contributed by atoms with Gasteiger partial charge in [0, 0.05) is 22.0 Å². The van der Waals surface area contributed by atoms with Gasteiger partial charge in [0.2, 0.25) is 0 Å². The molecule has 0 spiro atoms. The van der Waals surface area contributed by atoms with E-state index in [4.69, 9.17) is 11.6 Å². The highest BCUT2D eigenvalue weighted by atomic mass is 35.5. The Balaban J connectivity index is 2.34. The molecule has 0 aromatic heterocycles. The first-order chi connectivity index (χ1) is 13.9. The van der Waals surface area contributed by atoms with Crippen LogP contribution >= 0.6 is 11.6 Å². The number of aliphatic hydroxyl groups is 1. The molecule has 3 N–H and O–H groups in total. The van der Waals surface area contributed by atoms with Crippen molar-refractivity contribution in [1.82, 2.24) is 0 Å². The van der Waals surface area contributed by atoms with Gasteiger partial charge in [-0.3, -0.25) is 0 Å². The van der Waals surface area contributed by atoms with E-state index >= 15 is 0 Å². The number of amides is 2. The Morgan fingerprint density at radius 1 is 1.07 bits per heavy atom. The lowest BCUT2D eigenvalue weighted by Crippen LogP contribution is -2.50. The zero-order valence-corrected chi connectivity index (χ0v) is 17.1. The van der Waals surface area contributed by atoms with Crippen molar-refractivity contribution in [2.75, 3.05) is 17.2 Å². The molecule has 1 atom stereocenters. The number of carbonyl (C=O) groups is 2. The number of alkyl halides is 3. The van der Waals surface area contributed by atoms with E-state index in [0.717, 1.165) is 12.1 Å². The van der Waals surface area contributed by atoms with Crippen LogP contribution in [0.1, 0.15) is 23.6 Å². The second-order valence-corrected chi connectivity index (χ2v) is 6.94. The van der Waals surface area contributed by atoms with Crippen molar-refractivity contribution in [1.29, 1.82) is 0 Å². The van der Waals surface area contributed by atoms with Gasteiger partial charge in [-0.2, -0.15) is 13.2 Å². The number of hydrogen-bond donors (Lipinski definition) is 3. The van der Waals surface area contributed by atoms with Crippen LogP contribution in [0.3, 0.4) is 0 Å². The maximum absolute atomic E-state index is 13.6. The van der Waals surface area contributed by atoms with Gasteiger partial charge in [-0.1, -0.05) is 23.7 Å². The number of rotatable bonds is 5. The highest BCUT2D eigenvalue weighted by molar-refractivity contribution is 6.30. The van der Waals surface area contributed by atoms with E-state index in [0.29, 0.717) is 10.7 Å². The van der Waals surface area contributed by atoms with E-state index in [-0.39, 0.29) is 23.4 Å². The summed E-state index contributed by atoms with van der Waals surface area (Å²) in [4.78, 5) is 24.2. The molecule has 0 heterocycles. The lowest BCUT2D eigenvalue weighted by atomic mass is 9.89. The van der Waals surface area contributed by atoms with Crippen molar-refractivity contribution in [2.24, 2.45) is 0 Å². The number of esters is 1. The first-order valence-electron chi connectivity index (χ1n) is 8.81. The Kier molecular flexibility index (Phi) is 6.99. The zero-order chi connectivity index (χ0) is 22.7. The molecule has 2 aromatic rings. The molecule has 0 saturated carbocycles. The largest absolute Gasteiger partial charge is 0.463 e. The molecule has 0 radical (unpaired) electrons. The molecule has 0 aliphatic carbocycles. The zero-order valence-electron chi connectivity index (χ0n) is 16.4. The van der Waals surface area contributed by atoms with E-state index in [9.17, 15) is 27.9 Å². The van der Waals surface area contributed by atoms with E-state index in [1.54, 1.807) is 24.3 Å². The molecule has 162 valence electrons. The normalized spacial score (nSPS) is 13.3. The molecule has 2 aromatic carbocycles. The average Bonchev–Trinajstić information content (AvgIpc) is 2.65. The van der Waals surface area contributed by atoms with Crippen LogP contribution in [0.15, 0.2) is 36.4 Å². The van der Waals surface area contributed by atoms with E-state index in [2.05, 4.69) is 15.4 Å². The van der Waals surface area contributed by atoms with Crippen LogP contribution < -0.4 is 10.6 Å². The number of carbonyl (C=O) groups excluding carboxylic acids is 2. The Hall–Kier alpha value is -2.78. The van der Waals surface area contributed by atoms with Crippen molar-refractivity contribution in [3.05, 3.63) is 58.1 Å². The number of benzene rings is 2. The molecule has 6 nitrogen and oxygen atoms in total. The molecule has 2 rings (SSSR count). The second-order valence-electron chi connectivity index (χ2n) is 6.50. The third-order valence-electron chi connectivity index (χ3n) is 4.27. The summed E-state index contributed by atoms with van der Waals surface area (Å²) in [5, 5.41) is 15.9. The summed E-state index contributed by atoms with van der Waals surface area (Å²) in [6, 6.07) is 7.64. The van der Waals surface area contributed by atoms with Gasteiger partial charge in [-0.15, -0.1) is 0 Å². The predicted molar refractivity (Wildman–Crippen MR) is 107 cm³/mol. The van der Waals surface area contributed by atoms with E-state index in [1.165, 1.54) is 20.8 Å². The maximum Gasteiger partial charge on any atom is 0.432 e. The minimum absolute atomic E-state index is 0.211. The summed E-state index contributed by atoms with van der Waals surface area (Å²) < 4.78 is 45.1. The fraction of sp³-hybridized carbons (Fsp3) is 0.300. The Morgan fingerprint density at radius 2 is 1.60 bits per heavy atom. The number of halogens is 4. The van der Waals surface area contributed by atoms with Crippen LogP contribution in [0.5, 0.6) is 0 Å². The monoisotopic (exact) mass is 444 g/mol. The molecule has 10 heteroatoms. The predicted octanol–water partition coefficient (Wildman–Crippen LogP) is 4.91. The lowest BCUT2D eigenvalue weighted by Gasteiger charge is -2.29. The fourth-order valence-electron chi connectivity index (χ4n) is 2.81. The SMILES string of the molecule is CCOC(=O)[C@@](O)(c1cc(C)c(NC(=O)Nc2ccc(Cl)cc2)c(C)c1)C(F)(F)F. The molecule has 30 heavy (non-hydrogen) atoms. The van der Waals surface area contributed by atoms with Crippen LogP contribution in [-0.4, -0.2) is 29.9 Å². The molecular formula is C20H20ClF3N2O4. The highest BCUT2D eigenvalue weighted by Gasteiger charge is 2.62. The number of urea groups is 1. The minimum Gasteiger partial charge on any atom is -0.463 e. The van der Waals surface area contributed by atoms with Crippen LogP contribution in [0.4, 0.5) is 29.3 Å². The van der Waals surface area contributed by atoms with Gasteiger partial charge in [0.15, 0.2) is 0 Å². The van der Waals surface area contributed by atoms with Crippen LogP contribution in [0.2, 0.25) is 5.02 Å². The topological polar surface area (TPSA) is 87.7 Å². The number of nitrogens with one attached hydrogen (secondary N) is 2. The lowest BCUT2D eigenvalue weighted by molar-refractivity contribution is -0.267. The molecule has 0 bridgehead atoms. The van der Waals surface area contributed by atoms with Crippen molar-refractivity contribution in [3.63, 3.8) is 0 Å². The molecular weight excluding hydrogens is 425 g/mol. The van der Waals surface area contributed by atoms with Crippen LogP contribution in [0.25, 0.3) is 0 Å². The van der Waals surface area contributed by atoms with Gasteiger partial charge in [0.05, 0.1) is 6.61 Å². The van der Waals surface area contributed by atoms with Crippen LogP contribution in [0, 0.1) is 13.8 Å². The quantitative estimate of drug-likeness (QED) is 0.571. The summed E-state index contributed by atoms with van der Waals surface area (Å²) >= 11 is 5.78. The van der Waals surface area contributed by atoms with Gasteiger partial charge >= 0.3 is 18.2 Å². The number of ether oxygens (including phenoxy) is 1. The Bertz CT molecular complexity index is 925. The third kappa shape index (κ3) is 4.85. The van der Waals surface area contributed by atoms with Gasteiger partial charge in [0.1, 0.15) is 0 Å².